The number of hydrogen-bond acceptors (Lipinski definition) is 20. The molecule has 20 nitrogen and oxygen atoms in total. The molecule has 4 saturated carbocycles. The Labute approximate surface area is 724 Å². The van der Waals surface area contributed by atoms with Crippen molar-refractivity contribution in [2.75, 3.05) is 34.0 Å². The number of esters is 3. The number of methoxy groups -OCH3 is 2. The van der Waals surface area contributed by atoms with Gasteiger partial charge in [0.2, 0.25) is 11.6 Å². The molecule has 0 amide bonds. The molecule has 21 heteroatoms. The van der Waals surface area contributed by atoms with E-state index in [0.717, 1.165) is 71.6 Å². The molecule has 642 valence electrons. The summed E-state index contributed by atoms with van der Waals surface area (Å²) in [4.78, 5) is 35.5. The number of ether oxygens (including phenoxy) is 8. The number of aliphatic hydroxyl groups is 8. The topological polar surface area (TPSA) is 311 Å². The number of rotatable bonds is 23. The summed E-state index contributed by atoms with van der Waals surface area (Å²) in [5.74, 6) is 6.44. The first-order chi connectivity index (χ1) is 58.7. The van der Waals surface area contributed by atoms with Crippen molar-refractivity contribution in [3.63, 3.8) is 0 Å². The van der Waals surface area contributed by atoms with Crippen LogP contribution in [0.5, 0.6) is 0 Å². The molecule has 15 atom stereocenters. The lowest BCUT2D eigenvalue weighted by atomic mass is 9.81. The van der Waals surface area contributed by atoms with E-state index >= 15 is 0 Å². The van der Waals surface area contributed by atoms with E-state index < -0.39 is 104 Å². The first kappa shape index (κ1) is 93.0. The van der Waals surface area contributed by atoms with E-state index in [1.165, 1.54) is 102 Å². The van der Waals surface area contributed by atoms with E-state index in [2.05, 4.69) is 125 Å². The average Bonchev–Trinajstić information content (AvgIpc) is 1.28. The Hall–Kier alpha value is -9.70. The molecule has 0 unspecified atom stereocenters. The zero-order chi connectivity index (χ0) is 87.7. The zero-order valence-corrected chi connectivity index (χ0v) is 72.0. The van der Waals surface area contributed by atoms with Crippen molar-refractivity contribution in [2.45, 2.75) is 234 Å². The maximum atomic E-state index is 12.2. The Morgan fingerprint density at radius 2 is 0.893 bits per heavy atom. The van der Waals surface area contributed by atoms with Crippen LogP contribution in [0.15, 0.2) is 174 Å². The largest absolute Gasteiger partial charge is 0.466 e. The summed E-state index contributed by atoms with van der Waals surface area (Å²) in [5.41, 5.74) is 18.3. The van der Waals surface area contributed by atoms with Crippen LogP contribution < -0.4 is 0 Å². The number of nitriles is 1. The maximum Gasteiger partial charge on any atom is 0.310 e. The van der Waals surface area contributed by atoms with E-state index in [1.807, 2.05) is 76.2 Å². The van der Waals surface area contributed by atoms with Crippen molar-refractivity contribution in [1.82, 2.24) is 0 Å². The fraction of sp³-hybridized carbons (Fsp3) is 0.426. The molecule has 3 heterocycles. The summed E-state index contributed by atoms with van der Waals surface area (Å²) in [6.07, 6.45) is 16.6. The highest BCUT2D eigenvalue weighted by atomic mass is 79.9. The molecule has 3 saturated heterocycles. The maximum absolute atomic E-state index is 12.2. The molecular formula is C101H112BrNO19. The van der Waals surface area contributed by atoms with Gasteiger partial charge in [-0.05, 0) is 235 Å². The van der Waals surface area contributed by atoms with Crippen LogP contribution in [0.4, 0.5) is 0 Å². The summed E-state index contributed by atoms with van der Waals surface area (Å²) >= 11 is 3.32. The van der Waals surface area contributed by atoms with Gasteiger partial charge in [0.15, 0.2) is 6.10 Å². The van der Waals surface area contributed by atoms with Gasteiger partial charge in [-0.3, -0.25) is 14.4 Å². The van der Waals surface area contributed by atoms with Crippen molar-refractivity contribution >= 4 is 33.8 Å². The van der Waals surface area contributed by atoms with Gasteiger partial charge >= 0.3 is 17.9 Å². The number of hydrogen-bond donors (Lipinski definition) is 8. The first-order valence-corrected chi connectivity index (χ1v) is 42.7. The Kier molecular flexibility index (Phi) is 32.5. The minimum atomic E-state index is -1.76. The lowest BCUT2D eigenvalue weighted by Crippen LogP contribution is -2.64. The fourth-order valence-electron chi connectivity index (χ4n) is 16.2. The van der Waals surface area contributed by atoms with Crippen molar-refractivity contribution in [1.29, 1.82) is 5.26 Å². The van der Waals surface area contributed by atoms with Crippen LogP contribution in [0, 0.1) is 61.2 Å². The number of carbonyl (C=O) groups is 3. The molecule has 8 aromatic carbocycles. The number of nitrogens with zero attached hydrogens (tertiary/aromatic N) is 1. The lowest BCUT2D eigenvalue weighted by molar-refractivity contribution is -0.366. The molecule has 7 fully saturated rings. The lowest BCUT2D eigenvalue weighted by Gasteiger charge is -2.50. The van der Waals surface area contributed by atoms with Crippen LogP contribution in [-0.4, -0.2) is 160 Å². The van der Waals surface area contributed by atoms with Gasteiger partial charge in [-0.1, -0.05) is 169 Å². The first-order valence-electron chi connectivity index (χ1n) is 41.9. The normalized spacial score (nSPS) is 25.6. The summed E-state index contributed by atoms with van der Waals surface area (Å²) in [5, 5.41) is 89.2. The second-order valence-corrected chi connectivity index (χ2v) is 33.4. The molecule has 0 radical (unpaired) electrons. The molecule has 8 N–H and O–H groups in total. The molecular weight excluding hydrogens is 1610 g/mol. The minimum absolute atomic E-state index is 0.142. The van der Waals surface area contributed by atoms with Crippen molar-refractivity contribution in [3.8, 4) is 43.1 Å². The Morgan fingerprint density at radius 3 is 1.29 bits per heavy atom. The molecule has 3 aliphatic heterocycles. The standard InChI is InChI=1S/C31H36O6.C25H28O6.C24H26O5.C13H16O2.C8H6BrN/c1-7-23-15-16-27(18-26(23)17-22-9-11-24(12-10-22)25-13-14-25)31(34-6)30(36-21(5)33)29(35-20(4)32)19(3)28(8-2)37-31;1-3-16-10-11-20(25(30-2)24(29)23(28)22(27)21(14-26)31-25)13-19(16)12-15-4-6-17(7-5-15)18-8-9-18;1-2-15-7-10-18(24-23(28)22(27)21(26)20(13-25)29-24)12-19(15)11-14-3-5-16(6-4-14)17-8-9-17;1-2-15-13(14)9-10-3-5-11(6-4-10)12-7-8-12;1-6-4-8(9)3-2-7(6)5-10/h1,9-12,15-16,18-19,25,28-30H,8,13-14,17H2,2-6H3;1,4-7,10-11,13,18,21-24,26-29H,8-9,12,14H2,2H3;1,3-7,10,12,17,20-28H,8-9,11,13H2;3-6,12H,2,7-9H2,1H3;2-4H,1H3/t19-,28-,29+,30-,31+;21-,22-,23+,24-,25+;20-,21-,22+,23-,24+;;/m111../s1. The number of halogens is 1. The fourth-order valence-corrected chi connectivity index (χ4v) is 16.6. The Balaban J connectivity index is 0.000000157. The molecule has 0 bridgehead atoms. The van der Waals surface area contributed by atoms with Crippen LogP contribution in [-0.2, 0) is 89.5 Å². The molecule has 7 aliphatic rings. The zero-order valence-electron chi connectivity index (χ0n) is 70.4. The number of aryl methyl sites for hydroxylation is 1. The van der Waals surface area contributed by atoms with Crippen LogP contribution in [0.3, 0.4) is 0 Å². The summed E-state index contributed by atoms with van der Waals surface area (Å²) < 4.78 is 47.1. The molecule has 8 aromatic rings. The van der Waals surface area contributed by atoms with E-state index in [0.29, 0.717) is 78.7 Å². The summed E-state index contributed by atoms with van der Waals surface area (Å²) in [6.45, 7) is 9.79. The van der Waals surface area contributed by atoms with E-state index in [4.69, 9.17) is 62.4 Å². The predicted octanol–water partition coefficient (Wildman–Crippen LogP) is 13.6. The molecule has 15 rings (SSSR count). The van der Waals surface area contributed by atoms with Gasteiger partial charge in [0, 0.05) is 66.3 Å². The minimum Gasteiger partial charge on any atom is -0.466 e. The molecule has 122 heavy (non-hydrogen) atoms. The van der Waals surface area contributed by atoms with Gasteiger partial charge in [0.25, 0.3) is 0 Å². The monoisotopic (exact) mass is 1720 g/mol. The van der Waals surface area contributed by atoms with Crippen molar-refractivity contribution < 1.29 is 93.1 Å². The third-order valence-electron chi connectivity index (χ3n) is 23.8. The van der Waals surface area contributed by atoms with E-state index in [1.54, 1.807) is 36.4 Å². The number of aliphatic hydroxyl groups excluding tert-OH is 8. The predicted molar refractivity (Wildman–Crippen MR) is 465 cm³/mol. The van der Waals surface area contributed by atoms with Gasteiger partial charge in [-0.2, -0.15) is 5.26 Å². The van der Waals surface area contributed by atoms with Crippen molar-refractivity contribution in [2.24, 2.45) is 5.92 Å². The highest BCUT2D eigenvalue weighted by molar-refractivity contribution is 9.10. The summed E-state index contributed by atoms with van der Waals surface area (Å²) in [7, 11) is 2.85. The molecule has 0 spiro atoms. The smallest absolute Gasteiger partial charge is 0.310 e. The van der Waals surface area contributed by atoms with Crippen molar-refractivity contribution in [3.05, 3.63) is 280 Å². The van der Waals surface area contributed by atoms with E-state index in [-0.39, 0.29) is 18.0 Å². The van der Waals surface area contributed by atoms with Gasteiger partial charge in [-0.25, -0.2) is 0 Å². The van der Waals surface area contributed by atoms with Crippen LogP contribution in [0.25, 0.3) is 0 Å². The average molecular weight is 1720 g/mol. The van der Waals surface area contributed by atoms with Crippen LogP contribution in [0.1, 0.15) is 228 Å². The second-order valence-electron chi connectivity index (χ2n) is 32.5. The quantitative estimate of drug-likeness (QED) is 0.0168. The third-order valence-corrected chi connectivity index (χ3v) is 24.2. The van der Waals surface area contributed by atoms with Gasteiger partial charge in [-0.15, -0.1) is 19.3 Å². The number of benzene rings is 8. The van der Waals surface area contributed by atoms with Gasteiger partial charge in [0.1, 0.15) is 61.0 Å². The summed E-state index contributed by atoms with van der Waals surface area (Å²) in [6, 6.07) is 58.1. The van der Waals surface area contributed by atoms with Gasteiger partial charge in [0.05, 0.1) is 44.0 Å². The van der Waals surface area contributed by atoms with Crippen LogP contribution in [0.2, 0.25) is 0 Å². The number of terminal acetylenes is 3. The Morgan fingerprint density at radius 1 is 0.492 bits per heavy atom. The molecule has 4 aliphatic carbocycles. The highest BCUT2D eigenvalue weighted by Crippen LogP contribution is 2.48. The van der Waals surface area contributed by atoms with Crippen LogP contribution >= 0.6 is 15.9 Å². The van der Waals surface area contributed by atoms with E-state index in [9.17, 15) is 55.2 Å². The van der Waals surface area contributed by atoms with Gasteiger partial charge < -0.3 is 78.7 Å². The third kappa shape index (κ3) is 23.0. The number of carbonyl (C=O) groups excluding carboxylic acids is 3. The Bertz CT molecular complexity index is 5050. The SMILES string of the molecule is C#Cc1ccc([C@@H]2O[C@H](CO)[C@@H](O)[C@H](O)[C@H]2O)cc1Cc1ccc(C2CC2)cc1.C#Cc1ccc([C@]2(OC)O[C@H](CC)[C@@H](C)[C@H](OC(C)=O)[C@H]2OC(C)=O)cc1Cc1ccc(C2CC2)cc1.C#Cc1ccc([C@]2(OC)O[C@H](CO)[C@@H](O)[C@H](O)[C@H]2O)cc1Cc1ccc(C2CC2)cc1.CCOC(=O)Cc1ccc(C2CC2)cc1.Cc1cc(Br)ccc1C#N. The molecule has 0 aromatic heterocycles. The second kappa shape index (κ2) is 42.6. The highest BCUT2D eigenvalue weighted by Gasteiger charge is 2.59.